The molecule has 1 aliphatic heterocycles. The lowest BCUT2D eigenvalue weighted by Gasteiger charge is -2.18. The molecular formula is C50H39Br2F4N4OP. The zero-order valence-electron chi connectivity index (χ0n) is 33.1. The third-order valence-electron chi connectivity index (χ3n) is 9.85. The Labute approximate surface area is 376 Å². The minimum absolute atomic E-state index is 0.0166. The van der Waals surface area contributed by atoms with Crippen molar-refractivity contribution in [2.45, 2.75) is 37.8 Å². The van der Waals surface area contributed by atoms with Gasteiger partial charge in [-0.25, -0.2) is 17.6 Å². The molecule has 0 amide bonds. The molecule has 12 heteroatoms. The van der Waals surface area contributed by atoms with Crippen molar-refractivity contribution in [2.24, 2.45) is 10.1 Å². The van der Waals surface area contributed by atoms with Gasteiger partial charge in [-0.05, 0) is 108 Å². The van der Waals surface area contributed by atoms with Gasteiger partial charge in [-0.15, -0.1) is 0 Å². The van der Waals surface area contributed by atoms with Crippen molar-refractivity contribution in [3.8, 4) is 0 Å². The molecule has 0 aliphatic carbocycles. The van der Waals surface area contributed by atoms with Crippen molar-refractivity contribution in [3.63, 3.8) is 0 Å². The molecule has 8 rings (SSSR count). The Morgan fingerprint density at radius 1 is 0.645 bits per heavy atom. The van der Waals surface area contributed by atoms with Gasteiger partial charge in [0, 0.05) is 26.0 Å². The first-order chi connectivity index (χ1) is 30.1. The van der Waals surface area contributed by atoms with Crippen LogP contribution in [-0.2, 0) is 0 Å². The Kier molecular flexibility index (Phi) is 17.0. The number of rotatable bonds is 11. The monoisotopic (exact) mass is 976 g/mol. The maximum Gasteiger partial charge on any atom is 0.168 e. The summed E-state index contributed by atoms with van der Waals surface area (Å²) in [5.74, 6) is -3.52. The summed E-state index contributed by atoms with van der Waals surface area (Å²) in [7, 11) is -0.446. The number of carbonyl (C=O) groups excluding carboxylic acids is 1. The number of halogens is 6. The van der Waals surface area contributed by atoms with Crippen LogP contribution < -0.4 is 15.9 Å². The Hall–Kier alpha value is -5.70. The van der Waals surface area contributed by atoms with Crippen molar-refractivity contribution < 1.29 is 22.4 Å². The van der Waals surface area contributed by atoms with Crippen molar-refractivity contribution in [3.05, 3.63) is 241 Å². The number of azide groups is 1. The highest BCUT2D eigenvalue weighted by Gasteiger charge is 2.24. The summed E-state index contributed by atoms with van der Waals surface area (Å²) >= 11 is 6.69. The maximum atomic E-state index is 13.8. The normalized spacial score (nSPS) is 13.4. The highest BCUT2D eigenvalue weighted by molar-refractivity contribution is 9.10. The Bertz CT molecular complexity index is 2500. The molecule has 7 aromatic carbocycles. The highest BCUT2D eigenvalue weighted by atomic mass is 79.9. The molecule has 0 saturated heterocycles. The summed E-state index contributed by atoms with van der Waals surface area (Å²) in [4.78, 5) is 19.3. The van der Waals surface area contributed by atoms with Gasteiger partial charge in [0.15, 0.2) is 5.78 Å². The van der Waals surface area contributed by atoms with Crippen LogP contribution >= 0.6 is 39.8 Å². The molecule has 1 aliphatic rings. The van der Waals surface area contributed by atoms with Crippen molar-refractivity contribution >= 4 is 67.2 Å². The molecule has 5 nitrogen and oxygen atoms in total. The van der Waals surface area contributed by atoms with Crippen LogP contribution in [0.4, 0.5) is 17.6 Å². The predicted octanol–water partition coefficient (Wildman–Crippen LogP) is 14.2. The number of nitrogens with zero attached hydrogens (tertiary/aromatic N) is 4. The number of hydrogen-bond acceptors (Lipinski definition) is 3. The van der Waals surface area contributed by atoms with E-state index in [1.807, 2.05) is 24.3 Å². The fourth-order valence-corrected chi connectivity index (χ4v) is 9.69. The summed E-state index contributed by atoms with van der Waals surface area (Å²) < 4.78 is 56.6. The van der Waals surface area contributed by atoms with Crippen LogP contribution in [0.2, 0.25) is 0 Å². The minimum Gasteiger partial charge on any atom is -0.294 e. The van der Waals surface area contributed by atoms with E-state index in [1.54, 1.807) is 24.3 Å². The van der Waals surface area contributed by atoms with Crippen LogP contribution in [0, 0.1) is 23.3 Å². The summed E-state index contributed by atoms with van der Waals surface area (Å²) in [6.45, 7) is 0. The van der Waals surface area contributed by atoms with Crippen molar-refractivity contribution in [1.29, 1.82) is 0 Å². The first kappa shape index (κ1) is 45.8. The number of Topliss-reactive ketones (excluding diaryl/α,β-unsaturated/α-hetero) is 1. The standard InChI is InChI=1S/C18H15P.C16H12BrF2N3O.C16H12BrF2N/c1-4-10-16(11-5-1)19(17-12-6-2-7-13-17)18-14-8-3-9-15-18;17-11-6-4-10(5-7-11)14(21-22-20)8-9-15(23)16-12(18)2-1-3-13(16)19;17-11-6-4-10(5-7-11)14-8-9-15(20-14)16-12(18)2-1-3-13(16)19/h1-15H;1-7,14H,8-9H2;1-7,14H,8-9H2. The highest BCUT2D eigenvalue weighted by Crippen LogP contribution is 2.34. The Balaban J connectivity index is 0.000000156. The first-order valence-electron chi connectivity index (χ1n) is 19.6. The molecule has 62 heavy (non-hydrogen) atoms. The smallest absolute Gasteiger partial charge is 0.168 e. The molecule has 2 unspecified atom stereocenters. The molecule has 0 fully saturated rings. The van der Waals surface area contributed by atoms with E-state index in [4.69, 9.17) is 5.53 Å². The van der Waals surface area contributed by atoms with E-state index in [2.05, 4.69) is 138 Å². The zero-order valence-corrected chi connectivity index (χ0v) is 37.2. The number of carbonyl (C=O) groups is 1. The lowest BCUT2D eigenvalue weighted by atomic mass is 9.98. The first-order valence-corrected chi connectivity index (χ1v) is 22.5. The summed E-state index contributed by atoms with van der Waals surface area (Å²) in [6, 6.07) is 53.9. The summed E-state index contributed by atoms with van der Waals surface area (Å²) in [5, 5.41) is 7.85. The molecule has 7 aromatic rings. The van der Waals surface area contributed by atoms with E-state index >= 15 is 0 Å². The minimum atomic E-state index is -0.890. The van der Waals surface area contributed by atoms with Gasteiger partial charge in [-0.1, -0.05) is 164 Å². The number of aliphatic imine (C=N–C) groups is 1. The van der Waals surface area contributed by atoms with Crippen molar-refractivity contribution in [1.82, 2.24) is 0 Å². The quantitative estimate of drug-likeness (QED) is 0.0318. The topological polar surface area (TPSA) is 78.2 Å². The van der Waals surface area contributed by atoms with Crippen molar-refractivity contribution in [2.75, 3.05) is 0 Å². The van der Waals surface area contributed by atoms with Gasteiger partial charge in [-0.2, -0.15) is 0 Å². The van der Waals surface area contributed by atoms with Gasteiger partial charge in [-0.3, -0.25) is 9.79 Å². The van der Waals surface area contributed by atoms with Gasteiger partial charge < -0.3 is 0 Å². The van der Waals surface area contributed by atoms with E-state index in [1.165, 1.54) is 40.2 Å². The second-order valence-corrected chi connectivity index (χ2v) is 18.0. The SMILES string of the molecule is Fc1cccc(F)c1C1=NC(c2ccc(Br)cc2)CC1.[N-]=[N+]=NC(CCC(=O)c1c(F)cccc1F)c1ccc(Br)cc1.c1ccc(P(c2ccccc2)c2ccccc2)cc1. The third kappa shape index (κ3) is 12.5. The molecule has 0 spiro atoms. The second kappa shape index (κ2) is 22.9. The fraction of sp³-hybridized carbons (Fsp3) is 0.120. The number of ketones is 1. The van der Waals surface area contributed by atoms with Crippen LogP contribution in [0.1, 0.15) is 64.8 Å². The molecule has 0 radical (unpaired) electrons. The van der Waals surface area contributed by atoms with E-state index in [-0.39, 0.29) is 24.4 Å². The van der Waals surface area contributed by atoms with E-state index < -0.39 is 48.6 Å². The van der Waals surface area contributed by atoms with Crippen LogP contribution in [0.5, 0.6) is 0 Å². The Morgan fingerprint density at radius 2 is 1.10 bits per heavy atom. The van der Waals surface area contributed by atoms with Gasteiger partial charge in [0.1, 0.15) is 23.3 Å². The molecule has 312 valence electrons. The molecule has 0 aromatic heterocycles. The number of benzene rings is 7. The maximum absolute atomic E-state index is 13.8. The van der Waals surface area contributed by atoms with E-state index in [0.717, 1.165) is 38.6 Å². The van der Waals surface area contributed by atoms with Gasteiger partial charge in [0.2, 0.25) is 0 Å². The summed E-state index contributed by atoms with van der Waals surface area (Å²) in [5.41, 5.74) is 10.5. The third-order valence-corrected chi connectivity index (χ3v) is 13.3. The van der Waals surface area contributed by atoms with Crippen LogP contribution in [-0.4, -0.2) is 11.5 Å². The fourth-order valence-electron chi connectivity index (χ4n) is 6.85. The van der Waals surface area contributed by atoms with Crippen LogP contribution in [0.15, 0.2) is 195 Å². The van der Waals surface area contributed by atoms with Gasteiger partial charge in [0.25, 0.3) is 0 Å². The summed E-state index contributed by atoms with van der Waals surface area (Å²) in [6.07, 6.45) is 1.42. The lowest BCUT2D eigenvalue weighted by molar-refractivity contribution is 0.0969. The van der Waals surface area contributed by atoms with Gasteiger partial charge in [0.05, 0.1) is 23.2 Å². The molecular weight excluding hydrogens is 939 g/mol. The van der Waals surface area contributed by atoms with Gasteiger partial charge >= 0.3 is 0 Å². The number of hydrogen-bond donors (Lipinski definition) is 0. The molecule has 0 bridgehead atoms. The largest absolute Gasteiger partial charge is 0.294 e. The average molecular weight is 979 g/mol. The van der Waals surface area contributed by atoms with Crippen LogP contribution in [0.3, 0.4) is 0 Å². The second-order valence-electron chi connectivity index (χ2n) is 14.0. The lowest BCUT2D eigenvalue weighted by Crippen LogP contribution is -2.20. The molecule has 0 N–H and O–H groups in total. The molecule has 1 heterocycles. The van der Waals surface area contributed by atoms with E-state index in [0.29, 0.717) is 12.1 Å². The molecule has 2 atom stereocenters. The average Bonchev–Trinajstić information content (AvgIpc) is 3.77. The van der Waals surface area contributed by atoms with E-state index in [9.17, 15) is 22.4 Å². The van der Waals surface area contributed by atoms with Crippen LogP contribution in [0.25, 0.3) is 10.4 Å². The predicted molar refractivity (Wildman–Crippen MR) is 250 cm³/mol. The Morgan fingerprint density at radius 3 is 1.56 bits per heavy atom. The zero-order chi connectivity index (χ0) is 43.8. The molecule has 0 saturated carbocycles.